The molecule has 0 unspecified atom stereocenters. The van der Waals surface area contributed by atoms with E-state index in [9.17, 15) is 0 Å². The van der Waals surface area contributed by atoms with Gasteiger partial charge in [0.2, 0.25) is 0 Å². The summed E-state index contributed by atoms with van der Waals surface area (Å²) in [5.41, 5.74) is 5.19. The topological polar surface area (TPSA) is 91.4 Å². The lowest BCUT2D eigenvalue weighted by Crippen LogP contribution is -1.98. The monoisotopic (exact) mass is 546 g/mol. The summed E-state index contributed by atoms with van der Waals surface area (Å²) in [6, 6.07) is 24.9. The molecule has 5 rings (SSSR count). The summed E-state index contributed by atoms with van der Waals surface area (Å²) >= 11 is 0. The van der Waals surface area contributed by atoms with Crippen LogP contribution in [0.4, 0.5) is 0 Å². The van der Waals surface area contributed by atoms with E-state index in [4.69, 9.17) is 18.9 Å². The quantitative estimate of drug-likeness (QED) is 0.186. The fourth-order valence-corrected chi connectivity index (χ4v) is 4.00. The summed E-state index contributed by atoms with van der Waals surface area (Å²) in [4.78, 5) is 8.57. The molecule has 1 N–H and O–H groups in total. The Balaban J connectivity index is 1.20. The molecule has 0 fully saturated rings. The SMILES string of the molecule is COc1cc(OCc2ccccn2)ccc1C=Cc1cc(C=Cc2ccc(OCc3ccccn3)cc2OC)[nH]n1. The van der Waals surface area contributed by atoms with E-state index in [0.29, 0.717) is 36.2 Å². The Kier molecular flexibility index (Phi) is 9.04. The molecule has 0 saturated carbocycles. The third-order valence-electron chi connectivity index (χ3n) is 6.13. The zero-order valence-electron chi connectivity index (χ0n) is 22.9. The van der Waals surface area contributed by atoms with Gasteiger partial charge in [0.15, 0.2) is 0 Å². The number of hydrogen-bond donors (Lipinski definition) is 1. The molecule has 0 radical (unpaired) electrons. The van der Waals surface area contributed by atoms with Crippen molar-refractivity contribution in [2.75, 3.05) is 14.2 Å². The Labute approximate surface area is 238 Å². The minimum atomic E-state index is 0.387. The maximum absolute atomic E-state index is 5.86. The Morgan fingerprint density at radius 2 is 1.20 bits per heavy atom. The van der Waals surface area contributed by atoms with Crippen molar-refractivity contribution in [3.8, 4) is 23.0 Å². The smallest absolute Gasteiger partial charge is 0.130 e. The molecule has 3 aromatic heterocycles. The van der Waals surface area contributed by atoms with E-state index >= 15 is 0 Å². The van der Waals surface area contributed by atoms with Gasteiger partial charge < -0.3 is 18.9 Å². The zero-order chi connectivity index (χ0) is 28.3. The molecule has 41 heavy (non-hydrogen) atoms. The van der Waals surface area contributed by atoms with Crippen LogP contribution in [0.15, 0.2) is 91.3 Å². The van der Waals surface area contributed by atoms with E-state index in [0.717, 1.165) is 33.9 Å². The van der Waals surface area contributed by atoms with Crippen molar-refractivity contribution in [2.24, 2.45) is 0 Å². The first-order chi connectivity index (χ1) is 20.2. The second kappa shape index (κ2) is 13.6. The molecule has 0 bridgehead atoms. The molecule has 0 atom stereocenters. The van der Waals surface area contributed by atoms with Gasteiger partial charge in [0.25, 0.3) is 0 Å². The van der Waals surface area contributed by atoms with Crippen LogP contribution in [0.3, 0.4) is 0 Å². The van der Waals surface area contributed by atoms with E-state index in [-0.39, 0.29) is 0 Å². The largest absolute Gasteiger partial charge is 0.496 e. The highest BCUT2D eigenvalue weighted by Crippen LogP contribution is 2.28. The van der Waals surface area contributed by atoms with Gasteiger partial charge in [0.05, 0.1) is 37.0 Å². The maximum atomic E-state index is 5.86. The summed E-state index contributed by atoms with van der Waals surface area (Å²) < 4.78 is 22.9. The number of nitrogens with one attached hydrogen (secondary N) is 1. The number of nitrogens with zero attached hydrogens (tertiary/aromatic N) is 3. The fourth-order valence-electron chi connectivity index (χ4n) is 4.00. The van der Waals surface area contributed by atoms with E-state index < -0.39 is 0 Å². The van der Waals surface area contributed by atoms with Gasteiger partial charge in [-0.3, -0.25) is 15.1 Å². The predicted molar refractivity (Wildman–Crippen MR) is 160 cm³/mol. The lowest BCUT2D eigenvalue weighted by atomic mass is 10.1. The Hall–Kier alpha value is -5.37. The Morgan fingerprint density at radius 3 is 1.71 bits per heavy atom. The van der Waals surface area contributed by atoms with E-state index in [1.807, 2.05) is 103 Å². The van der Waals surface area contributed by atoms with Crippen molar-refractivity contribution in [1.82, 2.24) is 20.2 Å². The van der Waals surface area contributed by atoms with Crippen LogP contribution in [0.25, 0.3) is 24.3 Å². The van der Waals surface area contributed by atoms with Crippen molar-refractivity contribution in [3.05, 3.63) is 125 Å². The number of hydrogen-bond acceptors (Lipinski definition) is 7. The summed E-state index contributed by atoms with van der Waals surface area (Å²) in [5.74, 6) is 2.83. The number of H-pyrrole nitrogens is 1. The molecule has 0 aliphatic heterocycles. The molecule has 5 aromatic rings. The molecular formula is C33H30N4O4. The summed E-state index contributed by atoms with van der Waals surface area (Å²) in [6.07, 6.45) is 11.3. The van der Waals surface area contributed by atoms with Gasteiger partial charge in [-0.2, -0.15) is 5.10 Å². The predicted octanol–water partition coefficient (Wildman–Crippen LogP) is 6.72. The normalized spacial score (nSPS) is 11.2. The van der Waals surface area contributed by atoms with Gasteiger partial charge in [-0.25, -0.2) is 0 Å². The maximum Gasteiger partial charge on any atom is 0.130 e. The second-order valence-corrected chi connectivity index (χ2v) is 8.94. The molecule has 0 saturated heterocycles. The molecule has 0 spiro atoms. The highest BCUT2D eigenvalue weighted by molar-refractivity contribution is 5.75. The van der Waals surface area contributed by atoms with Crippen LogP contribution in [0.1, 0.15) is 33.9 Å². The van der Waals surface area contributed by atoms with Crippen LogP contribution in [-0.4, -0.2) is 34.4 Å². The third kappa shape index (κ3) is 7.60. The Morgan fingerprint density at radius 1 is 0.634 bits per heavy atom. The van der Waals surface area contributed by atoms with Crippen molar-refractivity contribution >= 4 is 24.3 Å². The zero-order valence-corrected chi connectivity index (χ0v) is 22.9. The average molecular weight is 547 g/mol. The summed E-state index contributed by atoms with van der Waals surface area (Å²) in [6.45, 7) is 0.776. The van der Waals surface area contributed by atoms with Crippen molar-refractivity contribution in [2.45, 2.75) is 13.2 Å². The van der Waals surface area contributed by atoms with Gasteiger partial charge in [0, 0.05) is 35.7 Å². The minimum Gasteiger partial charge on any atom is -0.496 e. The molecule has 2 aromatic carbocycles. The number of aromatic nitrogens is 4. The van der Waals surface area contributed by atoms with Crippen molar-refractivity contribution in [1.29, 1.82) is 0 Å². The third-order valence-corrected chi connectivity index (χ3v) is 6.13. The fraction of sp³-hybridized carbons (Fsp3) is 0.121. The molecule has 0 aliphatic carbocycles. The van der Waals surface area contributed by atoms with Crippen LogP contribution < -0.4 is 18.9 Å². The van der Waals surface area contributed by atoms with Gasteiger partial charge in [-0.15, -0.1) is 0 Å². The number of benzene rings is 2. The lowest BCUT2D eigenvalue weighted by molar-refractivity contribution is 0.299. The van der Waals surface area contributed by atoms with Gasteiger partial charge >= 0.3 is 0 Å². The molecule has 0 amide bonds. The molecule has 0 aliphatic rings. The number of aromatic amines is 1. The van der Waals surface area contributed by atoms with Gasteiger partial charge in [0.1, 0.15) is 36.2 Å². The van der Waals surface area contributed by atoms with E-state index in [2.05, 4.69) is 20.2 Å². The molecule has 8 heteroatoms. The van der Waals surface area contributed by atoms with Gasteiger partial charge in [-0.1, -0.05) is 12.1 Å². The molecule has 8 nitrogen and oxygen atoms in total. The van der Waals surface area contributed by atoms with Crippen molar-refractivity contribution in [3.63, 3.8) is 0 Å². The van der Waals surface area contributed by atoms with Crippen molar-refractivity contribution < 1.29 is 18.9 Å². The highest BCUT2D eigenvalue weighted by atomic mass is 16.5. The first-order valence-corrected chi connectivity index (χ1v) is 13.0. The minimum absolute atomic E-state index is 0.387. The van der Waals surface area contributed by atoms with Crippen LogP contribution >= 0.6 is 0 Å². The standard InChI is InChI=1S/C33H30N4O4/c1-38-32-20-30(40-22-28-7-3-5-17-34-28)15-11-24(32)9-13-26-19-27(37-36-26)14-10-25-12-16-31(21-33(25)39-2)41-23-29-8-4-6-18-35-29/h3-21H,22-23H2,1-2H3,(H,36,37). The van der Waals surface area contributed by atoms with Crippen LogP contribution in [-0.2, 0) is 13.2 Å². The first kappa shape index (κ1) is 27.2. The Bertz CT molecular complexity index is 1500. The second-order valence-electron chi connectivity index (χ2n) is 8.94. The van der Waals surface area contributed by atoms with Crippen LogP contribution in [0, 0.1) is 0 Å². The molecule has 3 heterocycles. The molecule has 206 valence electrons. The number of ether oxygens (including phenoxy) is 4. The van der Waals surface area contributed by atoms with Crippen LogP contribution in [0.5, 0.6) is 23.0 Å². The highest BCUT2D eigenvalue weighted by Gasteiger charge is 2.06. The summed E-state index contributed by atoms with van der Waals surface area (Å²) in [7, 11) is 3.28. The van der Waals surface area contributed by atoms with Gasteiger partial charge in [-0.05, 0) is 78.9 Å². The first-order valence-electron chi connectivity index (χ1n) is 13.0. The van der Waals surface area contributed by atoms with E-state index in [1.54, 1.807) is 26.6 Å². The lowest BCUT2D eigenvalue weighted by Gasteiger charge is -2.09. The number of rotatable bonds is 12. The average Bonchev–Trinajstić information content (AvgIpc) is 3.49. The van der Waals surface area contributed by atoms with E-state index in [1.165, 1.54) is 0 Å². The molecular weight excluding hydrogens is 516 g/mol. The number of methoxy groups -OCH3 is 2. The van der Waals surface area contributed by atoms with Crippen LogP contribution in [0.2, 0.25) is 0 Å². The summed E-state index contributed by atoms with van der Waals surface area (Å²) in [5, 5.41) is 7.45. The number of pyridine rings is 2.